The maximum Gasteiger partial charge on any atom is 0.416 e. The van der Waals surface area contributed by atoms with Gasteiger partial charge >= 0.3 is 6.18 Å². The van der Waals surface area contributed by atoms with Crippen LogP contribution in [-0.4, -0.2) is 53.1 Å². The van der Waals surface area contributed by atoms with Crippen molar-refractivity contribution in [2.24, 2.45) is 0 Å². The van der Waals surface area contributed by atoms with E-state index in [1.807, 2.05) is 29.2 Å². The molecule has 1 aromatic heterocycles. The number of thioether (sulfide) groups is 1. The number of halogens is 3. The molecule has 2 aromatic carbocycles. The molecule has 4 rings (SSSR count). The fourth-order valence-corrected chi connectivity index (χ4v) is 4.15. The Morgan fingerprint density at radius 3 is 2.59 bits per heavy atom. The Labute approximate surface area is 199 Å². The van der Waals surface area contributed by atoms with Crippen molar-refractivity contribution >= 4 is 29.0 Å². The second-order valence-corrected chi connectivity index (χ2v) is 8.63. The molecule has 7 nitrogen and oxygen atoms in total. The molecule has 0 aliphatic carbocycles. The first-order chi connectivity index (χ1) is 16.3. The van der Waals surface area contributed by atoms with Gasteiger partial charge in [0, 0.05) is 18.7 Å². The van der Waals surface area contributed by atoms with Gasteiger partial charge in [0.1, 0.15) is 0 Å². The third kappa shape index (κ3) is 5.89. The van der Waals surface area contributed by atoms with Gasteiger partial charge in [-0.2, -0.15) is 13.2 Å². The van der Waals surface area contributed by atoms with E-state index in [0.29, 0.717) is 43.0 Å². The van der Waals surface area contributed by atoms with Gasteiger partial charge < -0.3 is 15.0 Å². The number of hydrogen-bond donors (Lipinski definition) is 2. The number of nitrogens with one attached hydrogen (secondary N) is 2. The maximum absolute atomic E-state index is 13.3. The lowest BCUT2D eigenvalue weighted by Gasteiger charge is -2.31. The van der Waals surface area contributed by atoms with E-state index in [4.69, 9.17) is 4.74 Å². The number of hydrogen-bond acceptors (Lipinski definition) is 6. The number of ether oxygens (including phenoxy) is 1. The number of amides is 1. The van der Waals surface area contributed by atoms with Crippen molar-refractivity contribution < 1.29 is 22.7 Å². The quantitative estimate of drug-likeness (QED) is 0.470. The van der Waals surface area contributed by atoms with Gasteiger partial charge in [-0.05, 0) is 30.2 Å². The number of aryl methyl sites for hydroxylation is 1. The van der Waals surface area contributed by atoms with Crippen LogP contribution in [0.2, 0.25) is 0 Å². The molecule has 0 bridgehead atoms. The summed E-state index contributed by atoms with van der Waals surface area (Å²) in [7, 11) is 0. The molecule has 1 aliphatic heterocycles. The molecule has 1 fully saturated rings. The Hall–Kier alpha value is -3.05. The van der Waals surface area contributed by atoms with Crippen LogP contribution in [0.4, 0.5) is 24.5 Å². The number of carbonyl (C=O) groups excluding carboxylic acids is 1. The van der Waals surface area contributed by atoms with Crippen LogP contribution in [0.5, 0.6) is 0 Å². The van der Waals surface area contributed by atoms with E-state index in [1.165, 1.54) is 11.6 Å². The van der Waals surface area contributed by atoms with Crippen LogP contribution in [0.1, 0.15) is 18.1 Å². The summed E-state index contributed by atoms with van der Waals surface area (Å²) >= 11 is 1.10. The number of H-pyrrole nitrogens is 1. The zero-order valence-corrected chi connectivity index (χ0v) is 19.3. The molecular weight excluding hydrogens is 467 g/mol. The minimum absolute atomic E-state index is 0.0507. The normalized spacial score (nSPS) is 14.3. The average Bonchev–Trinajstić information content (AvgIpc) is 3.32. The number of anilines is 2. The fourth-order valence-electron chi connectivity index (χ4n) is 3.55. The van der Waals surface area contributed by atoms with Gasteiger partial charge in [0.15, 0.2) is 5.82 Å². The molecule has 0 spiro atoms. The number of alkyl halides is 3. The predicted molar refractivity (Wildman–Crippen MR) is 125 cm³/mol. The number of aromatic amines is 1. The number of benzene rings is 2. The second-order valence-electron chi connectivity index (χ2n) is 7.68. The monoisotopic (exact) mass is 491 g/mol. The molecule has 11 heteroatoms. The molecular formula is C23H24F3N5O2S. The predicted octanol–water partition coefficient (Wildman–Crippen LogP) is 4.62. The van der Waals surface area contributed by atoms with E-state index in [2.05, 4.69) is 27.4 Å². The van der Waals surface area contributed by atoms with Crippen LogP contribution < -0.4 is 10.2 Å². The number of aromatic nitrogens is 3. The smallest absolute Gasteiger partial charge is 0.378 e. The maximum atomic E-state index is 13.3. The van der Waals surface area contributed by atoms with Crippen molar-refractivity contribution in [3.8, 4) is 11.4 Å². The Morgan fingerprint density at radius 1 is 1.18 bits per heavy atom. The van der Waals surface area contributed by atoms with Gasteiger partial charge in [-0.1, -0.05) is 43.0 Å². The summed E-state index contributed by atoms with van der Waals surface area (Å²) in [5.74, 6) is 0.0840. The van der Waals surface area contributed by atoms with E-state index in [9.17, 15) is 18.0 Å². The minimum atomic E-state index is -4.51. The van der Waals surface area contributed by atoms with Crippen molar-refractivity contribution in [3.63, 3.8) is 0 Å². The number of nitrogens with zero attached hydrogens (tertiary/aromatic N) is 3. The summed E-state index contributed by atoms with van der Waals surface area (Å²) < 4.78 is 45.1. The molecule has 0 unspecified atom stereocenters. The van der Waals surface area contributed by atoms with Crippen molar-refractivity contribution in [2.45, 2.75) is 24.7 Å². The second kappa shape index (κ2) is 10.5. The highest BCUT2D eigenvalue weighted by Crippen LogP contribution is 2.36. The molecule has 0 saturated carbocycles. The minimum Gasteiger partial charge on any atom is -0.378 e. The van der Waals surface area contributed by atoms with E-state index < -0.39 is 17.6 Å². The molecule has 34 heavy (non-hydrogen) atoms. The van der Waals surface area contributed by atoms with Gasteiger partial charge in [-0.3, -0.25) is 9.89 Å². The summed E-state index contributed by atoms with van der Waals surface area (Å²) in [6, 6.07) is 11.3. The lowest BCUT2D eigenvalue weighted by atomic mass is 10.1. The third-order valence-electron chi connectivity index (χ3n) is 5.38. The van der Waals surface area contributed by atoms with E-state index in [1.54, 1.807) is 0 Å². The molecule has 1 amide bonds. The Kier molecular flexibility index (Phi) is 7.42. The topological polar surface area (TPSA) is 83.1 Å². The van der Waals surface area contributed by atoms with Crippen LogP contribution in [0.3, 0.4) is 0 Å². The molecule has 180 valence electrons. The van der Waals surface area contributed by atoms with Gasteiger partial charge in [0.05, 0.1) is 35.9 Å². The molecule has 2 heterocycles. The highest BCUT2D eigenvalue weighted by atomic mass is 32.2. The molecule has 1 aliphatic rings. The molecule has 0 atom stereocenters. The van der Waals surface area contributed by atoms with E-state index in [0.717, 1.165) is 35.9 Å². The van der Waals surface area contributed by atoms with Crippen molar-refractivity contribution in [1.82, 2.24) is 15.2 Å². The van der Waals surface area contributed by atoms with Gasteiger partial charge in [-0.25, -0.2) is 4.98 Å². The molecule has 1 saturated heterocycles. The van der Waals surface area contributed by atoms with Crippen molar-refractivity contribution in [2.75, 3.05) is 42.3 Å². The Balaban J connectivity index is 1.43. The van der Waals surface area contributed by atoms with Crippen LogP contribution in [0.15, 0.2) is 47.6 Å². The van der Waals surface area contributed by atoms with Gasteiger partial charge in [0.25, 0.3) is 0 Å². The first-order valence-corrected chi connectivity index (χ1v) is 11.8. The summed E-state index contributed by atoms with van der Waals surface area (Å²) in [5.41, 5.74) is 1.92. The summed E-state index contributed by atoms with van der Waals surface area (Å²) in [4.78, 5) is 18.9. The van der Waals surface area contributed by atoms with E-state index in [-0.39, 0.29) is 11.4 Å². The fraction of sp³-hybridized carbons (Fsp3) is 0.348. The van der Waals surface area contributed by atoms with Crippen LogP contribution in [0, 0.1) is 0 Å². The van der Waals surface area contributed by atoms with Gasteiger partial charge in [0.2, 0.25) is 11.1 Å². The van der Waals surface area contributed by atoms with Crippen LogP contribution in [0.25, 0.3) is 11.4 Å². The molecule has 0 radical (unpaired) electrons. The first-order valence-electron chi connectivity index (χ1n) is 10.8. The lowest BCUT2D eigenvalue weighted by Crippen LogP contribution is -2.37. The van der Waals surface area contributed by atoms with E-state index >= 15 is 0 Å². The van der Waals surface area contributed by atoms with Gasteiger partial charge in [-0.15, -0.1) is 5.10 Å². The highest BCUT2D eigenvalue weighted by Gasteiger charge is 2.32. The number of rotatable bonds is 7. The van der Waals surface area contributed by atoms with Crippen LogP contribution in [-0.2, 0) is 22.1 Å². The Bertz CT molecular complexity index is 1130. The SMILES string of the molecule is CCc1ccc(-c2nc(SCC(=O)Nc3cc(C(F)(F)F)ccc3N3CCOCC3)n[nH]2)cc1. The highest BCUT2D eigenvalue weighted by molar-refractivity contribution is 7.99. The number of morpholine rings is 1. The summed E-state index contributed by atoms with van der Waals surface area (Å²) in [5, 5.41) is 9.99. The zero-order chi connectivity index (χ0) is 24.1. The van der Waals surface area contributed by atoms with Crippen molar-refractivity contribution in [1.29, 1.82) is 0 Å². The van der Waals surface area contributed by atoms with Crippen molar-refractivity contribution in [3.05, 3.63) is 53.6 Å². The standard InChI is InChI=1S/C23H24F3N5O2S/c1-2-15-3-5-16(6-4-15)21-28-22(30-29-21)34-14-20(32)27-18-13-17(23(24,25)26)7-8-19(18)31-9-11-33-12-10-31/h3-8,13H,2,9-12,14H2,1H3,(H,27,32)(H,28,29,30). The van der Waals surface area contributed by atoms with Crippen LogP contribution >= 0.6 is 11.8 Å². The third-order valence-corrected chi connectivity index (χ3v) is 6.23. The molecule has 3 aromatic rings. The summed E-state index contributed by atoms with van der Waals surface area (Å²) in [6.07, 6.45) is -3.57. The zero-order valence-electron chi connectivity index (χ0n) is 18.5. The first kappa shape index (κ1) is 24.1. The molecule has 2 N–H and O–H groups in total. The largest absolute Gasteiger partial charge is 0.416 e. The summed E-state index contributed by atoms with van der Waals surface area (Å²) in [6.45, 7) is 4.08. The lowest BCUT2D eigenvalue weighted by molar-refractivity contribution is -0.137. The Morgan fingerprint density at radius 2 is 1.91 bits per heavy atom. The number of carbonyl (C=O) groups is 1. The average molecular weight is 492 g/mol.